The van der Waals surface area contributed by atoms with Crippen LogP contribution in [-0.4, -0.2) is 58.9 Å². The molecule has 2 aromatic heterocycles. The summed E-state index contributed by atoms with van der Waals surface area (Å²) < 4.78 is 29.7. The normalized spacial score (nSPS) is 15.7. The highest BCUT2D eigenvalue weighted by Crippen LogP contribution is 2.11. The molecule has 0 radical (unpaired) electrons. The van der Waals surface area contributed by atoms with Crippen molar-refractivity contribution in [2.45, 2.75) is 19.8 Å². The molecule has 0 bridgehead atoms. The first kappa shape index (κ1) is 16.8. The molecule has 2 aromatic rings. The zero-order valence-electron chi connectivity index (χ0n) is 13.5. The largest absolute Gasteiger partial charge is 0.367 e. The molecule has 0 aliphatic carbocycles. The van der Waals surface area contributed by atoms with Gasteiger partial charge in [0.1, 0.15) is 5.82 Å². The zero-order valence-corrected chi connectivity index (χ0v) is 14.3. The fraction of sp³-hybridized carbons (Fsp3) is 0.500. The molecule has 3 rings (SSSR count). The van der Waals surface area contributed by atoms with Gasteiger partial charge in [0.2, 0.25) is 0 Å². The first-order valence-corrected chi connectivity index (χ1v) is 9.33. The summed E-state index contributed by atoms with van der Waals surface area (Å²) in [4.78, 5) is 0. The second kappa shape index (κ2) is 7.24. The first-order chi connectivity index (χ1) is 11.5. The van der Waals surface area contributed by atoms with Crippen molar-refractivity contribution >= 4 is 16.0 Å². The minimum absolute atomic E-state index is 0.292. The molecule has 0 spiro atoms. The average molecular weight is 351 g/mol. The van der Waals surface area contributed by atoms with Crippen LogP contribution in [0.1, 0.15) is 18.5 Å². The number of aryl methyl sites for hydroxylation is 1. The van der Waals surface area contributed by atoms with Gasteiger partial charge in [0.15, 0.2) is 5.82 Å². The molecule has 1 aliphatic rings. The van der Waals surface area contributed by atoms with Gasteiger partial charge in [0, 0.05) is 32.4 Å². The molecule has 24 heavy (non-hydrogen) atoms. The molecule has 1 fully saturated rings. The lowest BCUT2D eigenvalue weighted by molar-refractivity contribution is 0.466. The third-order valence-electron chi connectivity index (χ3n) is 3.73. The predicted octanol–water partition coefficient (Wildman–Crippen LogP) is 0.313. The van der Waals surface area contributed by atoms with Gasteiger partial charge in [-0.1, -0.05) is 0 Å². The highest BCUT2D eigenvalue weighted by atomic mass is 32.2. The molecular weight excluding hydrogens is 330 g/mol. The third kappa shape index (κ3) is 4.08. The van der Waals surface area contributed by atoms with Crippen molar-refractivity contribution in [3.8, 4) is 5.82 Å². The van der Waals surface area contributed by atoms with E-state index in [1.807, 2.05) is 19.2 Å². The number of hydrogen-bond acceptors (Lipinski definition) is 6. The van der Waals surface area contributed by atoms with Crippen LogP contribution in [0.3, 0.4) is 0 Å². The Bertz CT molecular complexity index is 767. The topological polar surface area (TPSA) is 105 Å². The Kier molecular flexibility index (Phi) is 5.07. The fourth-order valence-electron chi connectivity index (χ4n) is 2.47. The Morgan fingerprint density at radius 2 is 1.92 bits per heavy atom. The SMILES string of the molecule is Cc1ccn(-c2ccc(NCCNS(=O)(=O)N3CCCC3)nn2)n1. The molecule has 2 N–H and O–H groups in total. The fourth-order valence-corrected chi connectivity index (χ4v) is 3.76. The summed E-state index contributed by atoms with van der Waals surface area (Å²) in [5.41, 5.74) is 0.907. The summed E-state index contributed by atoms with van der Waals surface area (Å²) in [6.45, 7) is 3.83. The van der Waals surface area contributed by atoms with Gasteiger partial charge >= 0.3 is 0 Å². The molecule has 0 atom stereocenters. The Morgan fingerprint density at radius 3 is 2.54 bits per heavy atom. The van der Waals surface area contributed by atoms with E-state index in [9.17, 15) is 8.42 Å². The lowest BCUT2D eigenvalue weighted by Gasteiger charge is -2.16. The zero-order chi connectivity index (χ0) is 17.0. The Balaban J connectivity index is 1.47. The number of aromatic nitrogens is 4. The van der Waals surface area contributed by atoms with Crippen LogP contribution in [0, 0.1) is 6.92 Å². The predicted molar refractivity (Wildman–Crippen MR) is 90.1 cm³/mol. The molecule has 0 saturated carbocycles. The van der Waals surface area contributed by atoms with Crippen molar-refractivity contribution in [1.29, 1.82) is 0 Å². The van der Waals surface area contributed by atoms with E-state index in [2.05, 4.69) is 25.3 Å². The van der Waals surface area contributed by atoms with Crippen LogP contribution in [0.5, 0.6) is 0 Å². The highest BCUT2D eigenvalue weighted by molar-refractivity contribution is 7.87. The van der Waals surface area contributed by atoms with Crippen LogP contribution >= 0.6 is 0 Å². The summed E-state index contributed by atoms with van der Waals surface area (Å²) in [7, 11) is -3.36. The van der Waals surface area contributed by atoms with Gasteiger partial charge in [-0.3, -0.25) is 0 Å². The van der Waals surface area contributed by atoms with Gasteiger partial charge < -0.3 is 5.32 Å². The van der Waals surface area contributed by atoms with Gasteiger partial charge in [-0.2, -0.15) is 17.8 Å². The van der Waals surface area contributed by atoms with Crippen molar-refractivity contribution in [3.05, 3.63) is 30.1 Å². The number of nitrogens with zero attached hydrogens (tertiary/aromatic N) is 5. The maximum Gasteiger partial charge on any atom is 0.279 e. The average Bonchev–Trinajstić information content (AvgIpc) is 3.24. The number of hydrogen-bond donors (Lipinski definition) is 2. The Labute approximate surface area is 141 Å². The van der Waals surface area contributed by atoms with Crippen molar-refractivity contribution in [1.82, 2.24) is 29.0 Å². The van der Waals surface area contributed by atoms with Crippen LogP contribution < -0.4 is 10.0 Å². The summed E-state index contributed by atoms with van der Waals surface area (Å²) in [6, 6.07) is 5.48. The number of rotatable bonds is 7. The van der Waals surface area contributed by atoms with E-state index < -0.39 is 10.2 Å². The highest BCUT2D eigenvalue weighted by Gasteiger charge is 2.24. The van der Waals surface area contributed by atoms with Crippen molar-refractivity contribution in [3.63, 3.8) is 0 Å². The van der Waals surface area contributed by atoms with Gasteiger partial charge in [-0.15, -0.1) is 10.2 Å². The van der Waals surface area contributed by atoms with Gasteiger partial charge in [-0.25, -0.2) is 9.40 Å². The first-order valence-electron chi connectivity index (χ1n) is 7.89. The summed E-state index contributed by atoms with van der Waals surface area (Å²) >= 11 is 0. The molecule has 0 unspecified atom stereocenters. The van der Waals surface area contributed by atoms with Gasteiger partial charge in [0.25, 0.3) is 10.2 Å². The van der Waals surface area contributed by atoms with E-state index in [1.54, 1.807) is 16.8 Å². The molecule has 1 saturated heterocycles. The van der Waals surface area contributed by atoms with Crippen LogP contribution in [0.15, 0.2) is 24.4 Å². The second-order valence-electron chi connectivity index (χ2n) is 5.61. The molecule has 1 aliphatic heterocycles. The van der Waals surface area contributed by atoms with E-state index in [1.165, 1.54) is 4.31 Å². The third-order valence-corrected chi connectivity index (χ3v) is 5.34. The van der Waals surface area contributed by atoms with Crippen LogP contribution in [0.25, 0.3) is 5.82 Å². The quantitative estimate of drug-likeness (QED) is 0.696. The summed E-state index contributed by atoms with van der Waals surface area (Å²) in [6.07, 6.45) is 3.67. The Hall–Kier alpha value is -2.04. The van der Waals surface area contributed by atoms with E-state index in [0.29, 0.717) is 37.8 Å². The smallest absolute Gasteiger partial charge is 0.279 e. The maximum absolute atomic E-state index is 12.0. The molecule has 3 heterocycles. The van der Waals surface area contributed by atoms with Crippen molar-refractivity contribution in [2.75, 3.05) is 31.5 Å². The van der Waals surface area contributed by atoms with E-state index in [4.69, 9.17) is 0 Å². The summed E-state index contributed by atoms with van der Waals surface area (Å²) in [5.74, 6) is 1.21. The van der Waals surface area contributed by atoms with Crippen molar-refractivity contribution in [2.24, 2.45) is 0 Å². The van der Waals surface area contributed by atoms with Gasteiger partial charge in [-0.05, 0) is 38.0 Å². The maximum atomic E-state index is 12.0. The lowest BCUT2D eigenvalue weighted by atomic mass is 10.4. The monoisotopic (exact) mass is 351 g/mol. The van der Waals surface area contributed by atoms with E-state index in [0.717, 1.165) is 18.5 Å². The standard InChI is InChI=1S/C14H21N7O2S/c1-12-6-11-21(19-12)14-5-4-13(17-18-14)15-7-8-16-24(22,23)20-9-2-3-10-20/h4-6,11,16H,2-3,7-10H2,1H3,(H,15,17). The van der Waals surface area contributed by atoms with Crippen LogP contribution in [0.4, 0.5) is 5.82 Å². The van der Waals surface area contributed by atoms with Crippen LogP contribution in [0.2, 0.25) is 0 Å². The number of nitrogens with one attached hydrogen (secondary N) is 2. The number of anilines is 1. The molecular formula is C14H21N7O2S. The molecule has 130 valence electrons. The van der Waals surface area contributed by atoms with E-state index in [-0.39, 0.29) is 0 Å². The Morgan fingerprint density at radius 1 is 1.12 bits per heavy atom. The molecule has 9 nitrogen and oxygen atoms in total. The minimum atomic E-state index is -3.36. The summed E-state index contributed by atoms with van der Waals surface area (Å²) in [5, 5.41) is 15.5. The van der Waals surface area contributed by atoms with Crippen LogP contribution in [-0.2, 0) is 10.2 Å². The minimum Gasteiger partial charge on any atom is -0.367 e. The lowest BCUT2D eigenvalue weighted by Crippen LogP contribution is -2.40. The molecule has 0 amide bonds. The van der Waals surface area contributed by atoms with Gasteiger partial charge in [0.05, 0.1) is 5.69 Å². The molecule has 0 aromatic carbocycles. The van der Waals surface area contributed by atoms with E-state index >= 15 is 0 Å². The van der Waals surface area contributed by atoms with Crippen molar-refractivity contribution < 1.29 is 8.42 Å². The second-order valence-corrected chi connectivity index (χ2v) is 7.37. The molecule has 10 heteroatoms.